The van der Waals surface area contributed by atoms with E-state index in [4.69, 9.17) is 0 Å². The molecule has 0 unspecified atom stereocenters. The van der Waals surface area contributed by atoms with Crippen LogP contribution < -0.4 is 0 Å². The van der Waals surface area contributed by atoms with E-state index in [1.54, 1.807) is 6.07 Å². The minimum atomic E-state index is 0.358. The molecule has 0 aromatic heterocycles. The largest absolute Gasteiger partial charge is 0.508 e. The molecule has 0 aliphatic carbocycles. The van der Waals surface area contributed by atoms with Crippen molar-refractivity contribution in [2.45, 2.75) is 13.3 Å². The van der Waals surface area contributed by atoms with Gasteiger partial charge in [-0.1, -0.05) is 28.1 Å². The minimum absolute atomic E-state index is 0.358. The van der Waals surface area contributed by atoms with Gasteiger partial charge in [-0.3, -0.25) is 0 Å². The number of benzene rings is 1. The van der Waals surface area contributed by atoms with Crippen LogP contribution in [0.3, 0.4) is 0 Å². The molecule has 0 bridgehead atoms. The second kappa shape index (κ2) is 4.31. The van der Waals surface area contributed by atoms with Gasteiger partial charge in [-0.15, -0.1) is 0 Å². The molecule has 0 heterocycles. The van der Waals surface area contributed by atoms with Crippen LogP contribution in [0.15, 0.2) is 34.8 Å². The average molecular weight is 227 g/mol. The molecule has 0 saturated heterocycles. The van der Waals surface area contributed by atoms with Crippen molar-refractivity contribution in [3.05, 3.63) is 40.4 Å². The molecule has 1 N–H and O–H groups in total. The van der Waals surface area contributed by atoms with Crippen LogP contribution >= 0.6 is 15.9 Å². The van der Waals surface area contributed by atoms with Crippen LogP contribution in [0.25, 0.3) is 0 Å². The standard InChI is InChI=1S/C10H11BrO/c1-2-3-4-8-7-9(11)5-6-10(8)12/h2-3,5-7,12H,4H2,1H3. The molecule has 1 aromatic carbocycles. The number of phenolic OH excluding ortho intramolecular Hbond substituents is 1. The van der Waals surface area contributed by atoms with Gasteiger partial charge in [0.2, 0.25) is 0 Å². The fourth-order valence-corrected chi connectivity index (χ4v) is 1.37. The highest BCUT2D eigenvalue weighted by Crippen LogP contribution is 2.22. The zero-order valence-corrected chi connectivity index (χ0v) is 8.51. The third-order valence-electron chi connectivity index (χ3n) is 1.62. The number of allylic oxidation sites excluding steroid dienone is 2. The Hall–Kier alpha value is -0.760. The van der Waals surface area contributed by atoms with Gasteiger partial charge in [-0.05, 0) is 37.1 Å². The molecule has 0 aliphatic heterocycles. The first kappa shape index (κ1) is 9.33. The number of rotatable bonds is 2. The van der Waals surface area contributed by atoms with Gasteiger partial charge < -0.3 is 5.11 Å². The Morgan fingerprint density at radius 1 is 1.50 bits per heavy atom. The fourth-order valence-electron chi connectivity index (χ4n) is 0.962. The lowest BCUT2D eigenvalue weighted by atomic mass is 10.1. The molecule has 0 saturated carbocycles. The van der Waals surface area contributed by atoms with Crippen LogP contribution in [0.5, 0.6) is 5.75 Å². The molecular weight excluding hydrogens is 216 g/mol. The zero-order valence-electron chi connectivity index (χ0n) is 6.92. The Balaban J connectivity index is 2.89. The van der Waals surface area contributed by atoms with Gasteiger partial charge >= 0.3 is 0 Å². The molecule has 0 fully saturated rings. The molecule has 64 valence electrons. The maximum atomic E-state index is 9.41. The lowest BCUT2D eigenvalue weighted by Crippen LogP contribution is -1.81. The second-order valence-electron chi connectivity index (χ2n) is 2.55. The number of phenols is 1. The fraction of sp³-hybridized carbons (Fsp3) is 0.200. The van der Waals surface area contributed by atoms with E-state index in [2.05, 4.69) is 15.9 Å². The summed E-state index contributed by atoms with van der Waals surface area (Å²) in [6.07, 6.45) is 4.77. The van der Waals surface area contributed by atoms with Crippen LogP contribution in [0.1, 0.15) is 12.5 Å². The molecule has 0 aliphatic rings. The Morgan fingerprint density at radius 3 is 2.92 bits per heavy atom. The van der Waals surface area contributed by atoms with Gasteiger partial charge in [0.25, 0.3) is 0 Å². The number of aromatic hydroxyl groups is 1. The minimum Gasteiger partial charge on any atom is -0.508 e. The van der Waals surface area contributed by atoms with E-state index in [1.807, 2.05) is 31.2 Å². The predicted molar refractivity (Wildman–Crippen MR) is 54.3 cm³/mol. The molecule has 0 atom stereocenters. The van der Waals surface area contributed by atoms with Crippen LogP contribution in [0.4, 0.5) is 0 Å². The van der Waals surface area contributed by atoms with E-state index in [1.165, 1.54) is 0 Å². The number of hydrogen-bond acceptors (Lipinski definition) is 1. The first-order valence-corrected chi connectivity index (χ1v) is 4.62. The highest BCUT2D eigenvalue weighted by atomic mass is 79.9. The topological polar surface area (TPSA) is 20.2 Å². The molecule has 1 aromatic rings. The van der Waals surface area contributed by atoms with E-state index in [9.17, 15) is 5.11 Å². The molecular formula is C10H11BrO. The van der Waals surface area contributed by atoms with Gasteiger partial charge in [-0.2, -0.15) is 0 Å². The molecule has 1 rings (SSSR count). The van der Waals surface area contributed by atoms with Crippen LogP contribution in [-0.2, 0) is 6.42 Å². The zero-order chi connectivity index (χ0) is 8.97. The Bertz CT molecular complexity index is 292. The lowest BCUT2D eigenvalue weighted by Gasteiger charge is -2.01. The molecule has 0 radical (unpaired) electrons. The van der Waals surface area contributed by atoms with Crippen molar-refractivity contribution in [3.63, 3.8) is 0 Å². The first-order chi connectivity index (χ1) is 5.74. The summed E-state index contributed by atoms with van der Waals surface area (Å²) < 4.78 is 1.000. The lowest BCUT2D eigenvalue weighted by molar-refractivity contribution is 0.469. The Morgan fingerprint density at radius 2 is 2.25 bits per heavy atom. The van der Waals surface area contributed by atoms with E-state index in [0.717, 1.165) is 16.5 Å². The van der Waals surface area contributed by atoms with Crippen LogP contribution in [0.2, 0.25) is 0 Å². The monoisotopic (exact) mass is 226 g/mol. The van der Waals surface area contributed by atoms with E-state index in [-0.39, 0.29) is 0 Å². The maximum Gasteiger partial charge on any atom is 0.119 e. The third kappa shape index (κ3) is 2.38. The van der Waals surface area contributed by atoms with Crippen molar-refractivity contribution in [1.29, 1.82) is 0 Å². The predicted octanol–water partition coefficient (Wildman–Crippen LogP) is 3.27. The summed E-state index contributed by atoms with van der Waals surface area (Å²) in [5, 5.41) is 9.41. The number of hydrogen-bond donors (Lipinski definition) is 1. The van der Waals surface area contributed by atoms with Gasteiger partial charge in [0.05, 0.1) is 0 Å². The summed E-state index contributed by atoms with van der Waals surface area (Å²) in [7, 11) is 0. The van der Waals surface area contributed by atoms with Crippen molar-refractivity contribution in [3.8, 4) is 5.75 Å². The van der Waals surface area contributed by atoms with Crippen LogP contribution in [-0.4, -0.2) is 5.11 Å². The molecule has 12 heavy (non-hydrogen) atoms. The normalized spacial score (nSPS) is 10.8. The van der Waals surface area contributed by atoms with E-state index < -0.39 is 0 Å². The summed E-state index contributed by atoms with van der Waals surface area (Å²) in [4.78, 5) is 0. The van der Waals surface area contributed by atoms with Gasteiger partial charge in [0.15, 0.2) is 0 Å². The van der Waals surface area contributed by atoms with E-state index in [0.29, 0.717) is 5.75 Å². The van der Waals surface area contributed by atoms with Gasteiger partial charge in [0, 0.05) is 4.47 Å². The van der Waals surface area contributed by atoms with Gasteiger partial charge in [0.1, 0.15) is 5.75 Å². The van der Waals surface area contributed by atoms with Crippen molar-refractivity contribution in [2.75, 3.05) is 0 Å². The summed E-state index contributed by atoms with van der Waals surface area (Å²) >= 11 is 3.35. The van der Waals surface area contributed by atoms with Crippen molar-refractivity contribution >= 4 is 15.9 Å². The highest BCUT2D eigenvalue weighted by molar-refractivity contribution is 9.10. The quantitative estimate of drug-likeness (QED) is 0.768. The second-order valence-corrected chi connectivity index (χ2v) is 3.46. The average Bonchev–Trinajstić information content (AvgIpc) is 2.07. The maximum absolute atomic E-state index is 9.41. The number of halogens is 1. The molecule has 1 nitrogen and oxygen atoms in total. The summed E-state index contributed by atoms with van der Waals surface area (Å²) in [5.74, 6) is 0.358. The molecule has 0 amide bonds. The van der Waals surface area contributed by atoms with Crippen molar-refractivity contribution in [1.82, 2.24) is 0 Å². The first-order valence-electron chi connectivity index (χ1n) is 3.82. The van der Waals surface area contributed by atoms with Crippen molar-refractivity contribution < 1.29 is 5.11 Å². The third-order valence-corrected chi connectivity index (χ3v) is 2.11. The van der Waals surface area contributed by atoms with E-state index >= 15 is 0 Å². The SMILES string of the molecule is CC=CCc1cc(Br)ccc1O. The molecule has 2 heteroatoms. The Kier molecular flexibility index (Phi) is 3.35. The summed E-state index contributed by atoms with van der Waals surface area (Å²) in [6.45, 7) is 1.97. The smallest absolute Gasteiger partial charge is 0.119 e. The summed E-state index contributed by atoms with van der Waals surface area (Å²) in [6, 6.07) is 5.45. The van der Waals surface area contributed by atoms with Crippen LogP contribution in [0, 0.1) is 0 Å². The molecule has 0 spiro atoms. The summed E-state index contributed by atoms with van der Waals surface area (Å²) in [5.41, 5.74) is 0.947. The van der Waals surface area contributed by atoms with Crippen molar-refractivity contribution in [2.24, 2.45) is 0 Å². The highest BCUT2D eigenvalue weighted by Gasteiger charge is 1.98. The van der Waals surface area contributed by atoms with Gasteiger partial charge in [-0.25, -0.2) is 0 Å². The Labute approximate surface area is 80.9 Å².